The van der Waals surface area contributed by atoms with E-state index >= 15 is 0 Å². The van der Waals surface area contributed by atoms with E-state index in [-0.39, 0.29) is 12.3 Å². The van der Waals surface area contributed by atoms with Crippen molar-refractivity contribution in [1.29, 1.82) is 0 Å². The van der Waals surface area contributed by atoms with Crippen molar-refractivity contribution in [2.45, 2.75) is 37.2 Å². The molecule has 12 heteroatoms. The Balaban J connectivity index is 1.67. The molecular weight excluding hydrogens is 410 g/mol. The third-order valence-corrected chi connectivity index (χ3v) is 5.19. The highest BCUT2D eigenvalue weighted by molar-refractivity contribution is 5.68. The topological polar surface area (TPSA) is 178 Å². The van der Waals surface area contributed by atoms with Crippen LogP contribution in [0.4, 0.5) is 0 Å². The second-order valence-electron chi connectivity index (χ2n) is 7.12. The van der Waals surface area contributed by atoms with Gasteiger partial charge < -0.3 is 40.0 Å². The summed E-state index contributed by atoms with van der Waals surface area (Å²) in [5.41, 5.74) is 1.87. The van der Waals surface area contributed by atoms with E-state index in [0.29, 0.717) is 22.4 Å². The van der Waals surface area contributed by atoms with Gasteiger partial charge >= 0.3 is 0 Å². The van der Waals surface area contributed by atoms with Crippen LogP contribution < -0.4 is 10.2 Å². The smallest absolute Gasteiger partial charge is 0.177 e. The number of ether oxygens (including phenoxy) is 2. The number of phenolic OH excluding ortho intramolecular Hbond substituents is 1. The molecule has 12 nitrogen and oxygen atoms in total. The van der Waals surface area contributed by atoms with E-state index in [9.17, 15) is 25.5 Å². The van der Waals surface area contributed by atoms with Crippen LogP contribution in [-0.2, 0) is 11.3 Å². The summed E-state index contributed by atoms with van der Waals surface area (Å²) in [5, 5.41) is 49.8. The van der Waals surface area contributed by atoms with Crippen molar-refractivity contribution in [3.8, 4) is 11.5 Å². The minimum absolute atomic E-state index is 0.00312. The minimum Gasteiger partial charge on any atom is -0.504 e. The monoisotopic (exact) mass is 433 g/mol. The van der Waals surface area contributed by atoms with Crippen LogP contribution in [0.3, 0.4) is 0 Å². The van der Waals surface area contributed by atoms with Crippen LogP contribution in [0.5, 0.6) is 11.5 Å². The Hall–Kier alpha value is -3.03. The largest absolute Gasteiger partial charge is 0.504 e. The molecule has 166 valence electrons. The third-order valence-electron chi connectivity index (χ3n) is 5.19. The number of aliphatic hydroxyl groups is 4. The molecule has 0 saturated carbocycles. The maximum Gasteiger partial charge on any atom is 0.177 e. The number of phenols is 1. The standard InChI is InChI=1S/C19H23N5O7/c1-30-11-3-2-9(4-10(11)26)5-20-17-13-18(22-7-21-13)24(8-23-17)19-16(29)15(28)14(27)12(6-25)31-19/h2-4,7-8,12,14-16,19,25-29H,5-6H2,1H3,(H,21,22)/t12-,14-,15+,16-,19?/m1/s1. The first-order valence-corrected chi connectivity index (χ1v) is 9.51. The number of methoxy groups -OCH3 is 1. The normalized spacial score (nSPS) is 27.0. The molecule has 3 heterocycles. The van der Waals surface area contributed by atoms with Crippen LogP contribution in [0.2, 0.25) is 0 Å². The van der Waals surface area contributed by atoms with Gasteiger partial charge in [0.15, 0.2) is 28.9 Å². The average Bonchev–Trinajstić information content (AvgIpc) is 3.27. The molecule has 4 rings (SSSR count). The summed E-state index contributed by atoms with van der Waals surface area (Å²) in [6.07, 6.45) is -3.89. The predicted molar refractivity (Wildman–Crippen MR) is 105 cm³/mol. The SMILES string of the molecule is COc1ccc(CN=c2ncn(C3O[C@H](CO)[C@@H](O)[C@H](O)[C@H]3O)c3nc[nH]c23)cc1O. The van der Waals surface area contributed by atoms with Crippen molar-refractivity contribution >= 4 is 11.2 Å². The van der Waals surface area contributed by atoms with E-state index in [1.165, 1.54) is 24.3 Å². The number of aliphatic hydroxyl groups excluding tert-OH is 4. The minimum atomic E-state index is -1.52. The molecule has 2 aromatic heterocycles. The Kier molecular flexibility index (Phi) is 5.89. The Labute approximate surface area is 175 Å². The molecule has 0 spiro atoms. The lowest BCUT2D eigenvalue weighted by molar-refractivity contribution is -0.250. The van der Waals surface area contributed by atoms with E-state index in [4.69, 9.17) is 9.47 Å². The van der Waals surface area contributed by atoms with Gasteiger partial charge in [-0.3, -0.25) is 9.56 Å². The first kappa shape index (κ1) is 21.2. The molecular formula is C19H23N5O7. The van der Waals surface area contributed by atoms with E-state index in [2.05, 4.69) is 19.9 Å². The molecule has 3 aromatic rings. The summed E-state index contributed by atoms with van der Waals surface area (Å²) in [5.74, 6) is 0.362. The zero-order valence-electron chi connectivity index (χ0n) is 16.5. The number of H-pyrrole nitrogens is 1. The summed E-state index contributed by atoms with van der Waals surface area (Å²) in [7, 11) is 1.46. The summed E-state index contributed by atoms with van der Waals surface area (Å²) in [6.45, 7) is -0.315. The second kappa shape index (κ2) is 8.61. The number of aromatic nitrogens is 4. The van der Waals surface area contributed by atoms with Crippen LogP contribution in [-0.4, -0.2) is 83.2 Å². The van der Waals surface area contributed by atoms with Crippen LogP contribution in [0.15, 0.2) is 35.8 Å². The molecule has 1 saturated heterocycles. The Morgan fingerprint density at radius 2 is 2.00 bits per heavy atom. The molecule has 0 amide bonds. The lowest BCUT2D eigenvalue weighted by atomic mass is 9.98. The lowest BCUT2D eigenvalue weighted by Crippen LogP contribution is -2.56. The number of hydrogen-bond donors (Lipinski definition) is 6. The second-order valence-corrected chi connectivity index (χ2v) is 7.12. The van der Waals surface area contributed by atoms with Gasteiger partial charge in [0.25, 0.3) is 0 Å². The van der Waals surface area contributed by atoms with Gasteiger partial charge in [-0.25, -0.2) is 9.97 Å². The van der Waals surface area contributed by atoms with Crippen molar-refractivity contribution in [3.63, 3.8) is 0 Å². The van der Waals surface area contributed by atoms with Crippen molar-refractivity contribution in [2.75, 3.05) is 13.7 Å². The molecule has 1 unspecified atom stereocenters. The first-order chi connectivity index (χ1) is 14.9. The molecule has 1 aliphatic heterocycles. The molecule has 0 aliphatic carbocycles. The lowest BCUT2D eigenvalue weighted by Gasteiger charge is -2.40. The zero-order valence-corrected chi connectivity index (χ0v) is 16.5. The fourth-order valence-corrected chi connectivity index (χ4v) is 3.50. The fraction of sp³-hybridized carbons (Fsp3) is 0.421. The number of rotatable bonds is 5. The Bertz CT molecular complexity index is 1130. The van der Waals surface area contributed by atoms with Crippen molar-refractivity contribution < 1.29 is 35.0 Å². The first-order valence-electron chi connectivity index (χ1n) is 9.51. The number of aromatic hydroxyl groups is 1. The summed E-state index contributed by atoms with van der Waals surface area (Å²) in [6, 6.07) is 4.95. The van der Waals surface area contributed by atoms with Crippen molar-refractivity contribution in [1.82, 2.24) is 19.5 Å². The van der Waals surface area contributed by atoms with Gasteiger partial charge in [0.05, 0.1) is 26.6 Å². The molecule has 5 atom stereocenters. The molecule has 1 fully saturated rings. The van der Waals surface area contributed by atoms with Crippen LogP contribution in [0, 0.1) is 0 Å². The number of aromatic amines is 1. The number of imidazole rings is 1. The van der Waals surface area contributed by atoms with Gasteiger partial charge in [0.2, 0.25) is 0 Å². The third kappa shape index (κ3) is 3.86. The van der Waals surface area contributed by atoms with Gasteiger partial charge in [-0.05, 0) is 17.7 Å². The highest BCUT2D eigenvalue weighted by Crippen LogP contribution is 2.29. The van der Waals surface area contributed by atoms with E-state index in [1.54, 1.807) is 18.2 Å². The van der Waals surface area contributed by atoms with E-state index in [1.807, 2.05) is 0 Å². The quantitative estimate of drug-likeness (QED) is 0.281. The van der Waals surface area contributed by atoms with E-state index < -0.39 is 37.3 Å². The van der Waals surface area contributed by atoms with Gasteiger partial charge in [-0.2, -0.15) is 0 Å². The molecule has 1 aromatic carbocycles. The zero-order chi connectivity index (χ0) is 22.1. The van der Waals surface area contributed by atoms with Gasteiger partial charge in [0.1, 0.15) is 36.3 Å². The summed E-state index contributed by atoms with van der Waals surface area (Å²) < 4.78 is 12.0. The number of benzene rings is 1. The van der Waals surface area contributed by atoms with Crippen molar-refractivity contribution in [2.24, 2.45) is 4.99 Å². The van der Waals surface area contributed by atoms with Gasteiger partial charge in [-0.15, -0.1) is 0 Å². The van der Waals surface area contributed by atoms with Gasteiger partial charge in [-0.1, -0.05) is 6.07 Å². The summed E-state index contributed by atoms with van der Waals surface area (Å²) >= 11 is 0. The fourth-order valence-electron chi connectivity index (χ4n) is 3.50. The number of hydrogen-bond acceptors (Lipinski definition) is 10. The molecule has 6 N–H and O–H groups in total. The number of nitrogens with one attached hydrogen (secondary N) is 1. The Morgan fingerprint density at radius 1 is 1.19 bits per heavy atom. The molecule has 1 aliphatic rings. The highest BCUT2D eigenvalue weighted by atomic mass is 16.6. The molecule has 31 heavy (non-hydrogen) atoms. The summed E-state index contributed by atoms with van der Waals surface area (Å²) in [4.78, 5) is 15.9. The highest BCUT2D eigenvalue weighted by Gasteiger charge is 2.44. The van der Waals surface area contributed by atoms with Crippen molar-refractivity contribution in [3.05, 3.63) is 41.9 Å². The number of nitrogens with zero attached hydrogens (tertiary/aromatic N) is 4. The maximum atomic E-state index is 10.4. The maximum absolute atomic E-state index is 10.4. The molecule has 0 radical (unpaired) electrons. The van der Waals surface area contributed by atoms with Crippen LogP contribution in [0.1, 0.15) is 11.8 Å². The van der Waals surface area contributed by atoms with Crippen LogP contribution in [0.25, 0.3) is 11.2 Å². The average molecular weight is 433 g/mol. The molecule has 0 bridgehead atoms. The van der Waals surface area contributed by atoms with Gasteiger partial charge in [0, 0.05) is 0 Å². The Morgan fingerprint density at radius 3 is 2.71 bits per heavy atom. The number of fused-ring (bicyclic) bond motifs is 1. The predicted octanol–water partition coefficient (Wildman–Crippen LogP) is -1.45. The van der Waals surface area contributed by atoms with Crippen LogP contribution >= 0.6 is 0 Å². The van der Waals surface area contributed by atoms with E-state index in [0.717, 1.165) is 5.56 Å².